The lowest BCUT2D eigenvalue weighted by Crippen LogP contribution is -2.34. The standard InChI is InChI=1S/C18H29NO3/c1-5-19(6-2)12-13-22-18(21)16(17(20)14(3)4)15-10-8-7-9-11-15/h7-11,14,16-17,20H,5-6,12-13H2,1-4H3. The molecule has 1 aromatic carbocycles. The maximum atomic E-state index is 12.4. The maximum absolute atomic E-state index is 12.4. The quantitative estimate of drug-likeness (QED) is 0.713. The highest BCUT2D eigenvalue weighted by Crippen LogP contribution is 2.25. The Morgan fingerprint density at radius 3 is 2.27 bits per heavy atom. The van der Waals surface area contributed by atoms with Gasteiger partial charge >= 0.3 is 5.97 Å². The molecule has 0 bridgehead atoms. The van der Waals surface area contributed by atoms with Crippen LogP contribution in [0.3, 0.4) is 0 Å². The van der Waals surface area contributed by atoms with Crippen LogP contribution in [0, 0.1) is 5.92 Å². The topological polar surface area (TPSA) is 49.8 Å². The molecule has 124 valence electrons. The Morgan fingerprint density at radius 1 is 1.18 bits per heavy atom. The summed E-state index contributed by atoms with van der Waals surface area (Å²) in [5, 5.41) is 10.4. The fourth-order valence-electron chi connectivity index (χ4n) is 2.42. The number of aliphatic hydroxyl groups is 1. The van der Waals surface area contributed by atoms with Crippen molar-refractivity contribution in [3.8, 4) is 0 Å². The average Bonchev–Trinajstić information content (AvgIpc) is 2.52. The smallest absolute Gasteiger partial charge is 0.316 e. The molecular formula is C18H29NO3. The molecule has 0 radical (unpaired) electrons. The predicted molar refractivity (Wildman–Crippen MR) is 88.8 cm³/mol. The third-order valence-electron chi connectivity index (χ3n) is 3.98. The summed E-state index contributed by atoms with van der Waals surface area (Å²) in [5.41, 5.74) is 0.802. The highest BCUT2D eigenvalue weighted by molar-refractivity contribution is 5.79. The van der Waals surface area contributed by atoms with Crippen molar-refractivity contribution in [3.05, 3.63) is 35.9 Å². The van der Waals surface area contributed by atoms with Crippen LogP contribution in [0.4, 0.5) is 0 Å². The van der Waals surface area contributed by atoms with Gasteiger partial charge in [-0.15, -0.1) is 0 Å². The molecule has 0 aromatic heterocycles. The largest absolute Gasteiger partial charge is 0.464 e. The monoisotopic (exact) mass is 307 g/mol. The van der Waals surface area contributed by atoms with E-state index >= 15 is 0 Å². The van der Waals surface area contributed by atoms with Crippen molar-refractivity contribution in [1.82, 2.24) is 4.90 Å². The number of esters is 1. The van der Waals surface area contributed by atoms with Gasteiger partial charge in [0, 0.05) is 6.54 Å². The zero-order valence-electron chi connectivity index (χ0n) is 14.2. The van der Waals surface area contributed by atoms with Crippen LogP contribution in [0.25, 0.3) is 0 Å². The molecule has 22 heavy (non-hydrogen) atoms. The summed E-state index contributed by atoms with van der Waals surface area (Å²) in [4.78, 5) is 14.6. The number of aliphatic hydroxyl groups excluding tert-OH is 1. The highest BCUT2D eigenvalue weighted by atomic mass is 16.5. The van der Waals surface area contributed by atoms with Crippen molar-refractivity contribution in [2.75, 3.05) is 26.2 Å². The van der Waals surface area contributed by atoms with Crippen LogP contribution in [0.2, 0.25) is 0 Å². The minimum absolute atomic E-state index is 0.0134. The lowest BCUT2D eigenvalue weighted by Gasteiger charge is -2.25. The molecule has 2 atom stereocenters. The molecule has 0 fully saturated rings. The second-order valence-electron chi connectivity index (χ2n) is 5.82. The zero-order valence-corrected chi connectivity index (χ0v) is 14.2. The first-order valence-electron chi connectivity index (χ1n) is 8.13. The molecule has 0 aliphatic rings. The molecule has 0 aliphatic carbocycles. The molecule has 1 rings (SSSR count). The van der Waals surface area contributed by atoms with Crippen molar-refractivity contribution in [3.63, 3.8) is 0 Å². The van der Waals surface area contributed by atoms with Gasteiger partial charge in [-0.25, -0.2) is 0 Å². The van der Waals surface area contributed by atoms with Crippen LogP contribution in [0.5, 0.6) is 0 Å². The van der Waals surface area contributed by atoms with Crippen LogP contribution in [-0.4, -0.2) is 48.3 Å². The van der Waals surface area contributed by atoms with Crippen molar-refractivity contribution >= 4 is 5.97 Å². The molecule has 0 heterocycles. The molecule has 2 unspecified atom stereocenters. The third kappa shape index (κ3) is 5.43. The van der Waals surface area contributed by atoms with E-state index in [9.17, 15) is 9.90 Å². The molecule has 0 saturated carbocycles. The molecule has 0 aliphatic heterocycles. The molecule has 0 amide bonds. The van der Waals surface area contributed by atoms with E-state index in [0.717, 1.165) is 25.2 Å². The minimum Gasteiger partial charge on any atom is -0.464 e. The summed E-state index contributed by atoms with van der Waals surface area (Å²) < 4.78 is 5.42. The van der Waals surface area contributed by atoms with Crippen LogP contribution in [0.15, 0.2) is 30.3 Å². The molecule has 1 aromatic rings. The van der Waals surface area contributed by atoms with Crippen molar-refractivity contribution in [1.29, 1.82) is 0 Å². The zero-order chi connectivity index (χ0) is 16.5. The SMILES string of the molecule is CCN(CC)CCOC(=O)C(c1ccccc1)C(O)C(C)C. The molecule has 0 saturated heterocycles. The van der Waals surface area contributed by atoms with Gasteiger partial charge in [0.05, 0.1) is 6.10 Å². The van der Waals surface area contributed by atoms with E-state index in [4.69, 9.17) is 4.74 Å². The number of hydrogen-bond acceptors (Lipinski definition) is 4. The van der Waals surface area contributed by atoms with E-state index in [2.05, 4.69) is 18.7 Å². The van der Waals surface area contributed by atoms with Gasteiger partial charge in [-0.05, 0) is 24.6 Å². The van der Waals surface area contributed by atoms with Gasteiger partial charge in [-0.3, -0.25) is 4.79 Å². The summed E-state index contributed by atoms with van der Waals surface area (Å²) in [6.45, 7) is 10.9. The summed E-state index contributed by atoms with van der Waals surface area (Å²) >= 11 is 0. The Bertz CT molecular complexity index is 429. The van der Waals surface area contributed by atoms with Gasteiger partial charge in [0.25, 0.3) is 0 Å². The van der Waals surface area contributed by atoms with E-state index in [1.165, 1.54) is 0 Å². The first-order chi connectivity index (χ1) is 10.5. The second kappa shape index (κ2) is 9.59. The third-order valence-corrected chi connectivity index (χ3v) is 3.98. The van der Waals surface area contributed by atoms with Gasteiger partial charge in [-0.2, -0.15) is 0 Å². The predicted octanol–water partition coefficient (Wildman–Crippen LogP) is 2.67. The summed E-state index contributed by atoms with van der Waals surface area (Å²) in [7, 11) is 0. The van der Waals surface area contributed by atoms with E-state index in [1.807, 2.05) is 44.2 Å². The Balaban J connectivity index is 2.73. The number of ether oxygens (including phenoxy) is 1. The summed E-state index contributed by atoms with van der Waals surface area (Å²) in [5.74, 6) is -0.988. The maximum Gasteiger partial charge on any atom is 0.316 e. The highest BCUT2D eigenvalue weighted by Gasteiger charge is 2.31. The first-order valence-corrected chi connectivity index (χ1v) is 8.13. The number of likely N-dealkylation sites (N-methyl/N-ethyl adjacent to an activating group) is 1. The summed E-state index contributed by atoms with van der Waals surface area (Å²) in [6, 6.07) is 9.37. The molecular weight excluding hydrogens is 278 g/mol. The fourth-order valence-corrected chi connectivity index (χ4v) is 2.42. The van der Waals surface area contributed by atoms with Gasteiger partial charge in [0.2, 0.25) is 0 Å². The Labute approximate surface area is 134 Å². The van der Waals surface area contributed by atoms with Crippen molar-refractivity contribution < 1.29 is 14.6 Å². The van der Waals surface area contributed by atoms with Crippen LogP contribution >= 0.6 is 0 Å². The van der Waals surface area contributed by atoms with Crippen molar-refractivity contribution in [2.45, 2.75) is 39.7 Å². The molecule has 4 heteroatoms. The fraction of sp³-hybridized carbons (Fsp3) is 0.611. The second-order valence-corrected chi connectivity index (χ2v) is 5.82. The number of carbonyl (C=O) groups excluding carboxylic acids is 1. The van der Waals surface area contributed by atoms with Gasteiger partial charge in [-0.1, -0.05) is 58.0 Å². The summed E-state index contributed by atoms with van der Waals surface area (Å²) in [6.07, 6.45) is -0.747. The van der Waals surface area contributed by atoms with Crippen LogP contribution in [-0.2, 0) is 9.53 Å². The Kier molecular flexibility index (Phi) is 8.13. The Hall–Kier alpha value is -1.39. The van der Waals surface area contributed by atoms with Gasteiger partial charge < -0.3 is 14.7 Å². The minimum atomic E-state index is -0.747. The number of nitrogens with zero attached hydrogens (tertiary/aromatic N) is 1. The molecule has 4 nitrogen and oxygen atoms in total. The lowest BCUT2D eigenvalue weighted by molar-refractivity contribution is -0.149. The molecule has 1 N–H and O–H groups in total. The van der Waals surface area contributed by atoms with E-state index in [0.29, 0.717) is 6.61 Å². The van der Waals surface area contributed by atoms with Crippen LogP contribution in [0.1, 0.15) is 39.2 Å². The average molecular weight is 307 g/mol. The van der Waals surface area contributed by atoms with E-state index < -0.39 is 12.0 Å². The number of benzene rings is 1. The number of hydrogen-bond donors (Lipinski definition) is 1. The number of carbonyl (C=O) groups is 1. The lowest BCUT2D eigenvalue weighted by atomic mass is 9.87. The van der Waals surface area contributed by atoms with E-state index in [1.54, 1.807) is 0 Å². The van der Waals surface area contributed by atoms with Gasteiger partial charge in [0.15, 0.2) is 0 Å². The number of rotatable bonds is 9. The molecule has 0 spiro atoms. The first kappa shape index (κ1) is 18.7. The Morgan fingerprint density at radius 2 is 1.77 bits per heavy atom. The normalized spacial score (nSPS) is 14.1. The van der Waals surface area contributed by atoms with Gasteiger partial charge in [0.1, 0.15) is 12.5 Å². The van der Waals surface area contributed by atoms with Crippen molar-refractivity contribution in [2.24, 2.45) is 5.92 Å². The van der Waals surface area contributed by atoms with E-state index in [-0.39, 0.29) is 11.9 Å². The van der Waals surface area contributed by atoms with Crippen LogP contribution < -0.4 is 0 Å².